The molecule has 1 fully saturated rings. The Hall–Kier alpha value is -2.25. The van der Waals surface area contributed by atoms with Gasteiger partial charge in [0.15, 0.2) is 11.0 Å². The highest BCUT2D eigenvalue weighted by atomic mass is 32.1. The first-order valence-corrected chi connectivity index (χ1v) is 8.91. The van der Waals surface area contributed by atoms with Gasteiger partial charge in [-0.3, -0.25) is 4.98 Å². The van der Waals surface area contributed by atoms with Crippen LogP contribution in [0, 0.1) is 0 Å². The molecule has 24 heavy (non-hydrogen) atoms. The monoisotopic (exact) mass is 341 g/mol. The average Bonchev–Trinajstić information content (AvgIpc) is 3.31. The Kier molecular flexibility index (Phi) is 4.53. The first-order chi connectivity index (χ1) is 11.9. The molecular formula is C17H19N5OS. The minimum absolute atomic E-state index is 0.772. The molecule has 4 heterocycles. The van der Waals surface area contributed by atoms with Crippen LogP contribution in [-0.4, -0.2) is 45.8 Å². The van der Waals surface area contributed by atoms with Gasteiger partial charge in [0, 0.05) is 44.4 Å². The largest absolute Gasteiger partial charge is 0.378 e. The number of thiazole rings is 1. The number of ether oxygens (including phenoxy) is 1. The molecule has 0 N–H and O–H groups in total. The topological polar surface area (TPSA) is 56.1 Å². The van der Waals surface area contributed by atoms with Crippen LogP contribution in [0.25, 0.3) is 10.7 Å². The van der Waals surface area contributed by atoms with E-state index in [1.54, 1.807) is 17.5 Å². The number of nitrogens with zero attached hydrogens (tertiary/aromatic N) is 5. The van der Waals surface area contributed by atoms with Crippen molar-refractivity contribution in [2.24, 2.45) is 0 Å². The van der Waals surface area contributed by atoms with Gasteiger partial charge in [-0.15, -0.1) is 0 Å². The van der Waals surface area contributed by atoms with Crippen LogP contribution in [-0.2, 0) is 17.7 Å². The number of anilines is 1. The lowest BCUT2D eigenvalue weighted by Crippen LogP contribution is -2.36. The number of hydrogen-bond acceptors (Lipinski definition) is 6. The van der Waals surface area contributed by atoms with Crippen molar-refractivity contribution in [2.45, 2.75) is 13.0 Å². The number of morpholine rings is 1. The molecule has 7 heteroatoms. The van der Waals surface area contributed by atoms with E-state index in [0.29, 0.717) is 0 Å². The van der Waals surface area contributed by atoms with Crippen molar-refractivity contribution in [3.63, 3.8) is 0 Å². The van der Waals surface area contributed by atoms with Crippen LogP contribution in [0.3, 0.4) is 0 Å². The number of hydrogen-bond donors (Lipinski definition) is 0. The zero-order chi connectivity index (χ0) is 16.2. The highest BCUT2D eigenvalue weighted by Crippen LogP contribution is 2.30. The Morgan fingerprint density at radius 1 is 1.12 bits per heavy atom. The summed E-state index contributed by atoms with van der Waals surface area (Å²) in [6.45, 7) is 4.24. The summed E-state index contributed by atoms with van der Waals surface area (Å²) in [4.78, 5) is 16.7. The first kappa shape index (κ1) is 15.3. The molecule has 3 aromatic heterocycles. The standard InChI is InChI=1S/C17H19N5OS/c1-2-14(12-18-4-1)3-6-21-7-5-19-16(21)15-13-20-17(24-15)22-8-10-23-11-9-22/h1-2,4-5,7,12-13H,3,6,8-11H2. The quantitative estimate of drug-likeness (QED) is 0.714. The molecular weight excluding hydrogens is 322 g/mol. The van der Waals surface area contributed by atoms with Gasteiger partial charge in [-0.25, -0.2) is 9.97 Å². The maximum atomic E-state index is 5.41. The summed E-state index contributed by atoms with van der Waals surface area (Å²) in [5, 5.41) is 1.05. The lowest BCUT2D eigenvalue weighted by atomic mass is 10.2. The molecule has 0 radical (unpaired) electrons. The van der Waals surface area contributed by atoms with E-state index in [0.717, 1.165) is 55.1 Å². The summed E-state index contributed by atoms with van der Waals surface area (Å²) in [5.74, 6) is 0.982. The van der Waals surface area contributed by atoms with Crippen molar-refractivity contribution in [2.75, 3.05) is 31.2 Å². The number of pyridine rings is 1. The molecule has 0 amide bonds. The summed E-state index contributed by atoms with van der Waals surface area (Å²) in [6.07, 6.45) is 10.5. The molecule has 0 bridgehead atoms. The fourth-order valence-electron chi connectivity index (χ4n) is 2.78. The predicted molar refractivity (Wildman–Crippen MR) is 94.3 cm³/mol. The zero-order valence-electron chi connectivity index (χ0n) is 13.3. The number of aryl methyl sites for hydroxylation is 2. The van der Waals surface area contributed by atoms with Crippen LogP contribution in [0.2, 0.25) is 0 Å². The third-order valence-electron chi connectivity index (χ3n) is 4.08. The number of imidazole rings is 1. The van der Waals surface area contributed by atoms with Gasteiger partial charge in [-0.05, 0) is 18.1 Å². The molecule has 3 aromatic rings. The second-order valence-electron chi connectivity index (χ2n) is 5.66. The Morgan fingerprint density at radius 3 is 2.88 bits per heavy atom. The van der Waals surface area contributed by atoms with Crippen molar-refractivity contribution >= 4 is 16.5 Å². The fourth-order valence-corrected chi connectivity index (χ4v) is 3.76. The molecule has 4 rings (SSSR count). The predicted octanol–water partition coefficient (Wildman–Crippen LogP) is 2.48. The average molecular weight is 341 g/mol. The first-order valence-electron chi connectivity index (χ1n) is 8.09. The summed E-state index contributed by atoms with van der Waals surface area (Å²) in [7, 11) is 0. The van der Waals surface area contributed by atoms with Crippen molar-refractivity contribution in [3.05, 3.63) is 48.7 Å². The maximum absolute atomic E-state index is 5.41. The van der Waals surface area contributed by atoms with E-state index in [1.165, 1.54) is 5.56 Å². The molecule has 0 spiro atoms. The van der Waals surface area contributed by atoms with Crippen LogP contribution in [0.4, 0.5) is 5.13 Å². The minimum Gasteiger partial charge on any atom is -0.378 e. The van der Waals surface area contributed by atoms with Gasteiger partial charge < -0.3 is 14.2 Å². The van der Waals surface area contributed by atoms with Gasteiger partial charge in [0.1, 0.15) is 0 Å². The third-order valence-corrected chi connectivity index (χ3v) is 5.13. The van der Waals surface area contributed by atoms with Crippen LogP contribution in [0.1, 0.15) is 5.56 Å². The molecule has 1 aliphatic heterocycles. The van der Waals surface area contributed by atoms with E-state index in [-0.39, 0.29) is 0 Å². The van der Waals surface area contributed by atoms with E-state index < -0.39 is 0 Å². The van der Waals surface area contributed by atoms with Crippen LogP contribution in [0.5, 0.6) is 0 Å². The van der Waals surface area contributed by atoms with Gasteiger partial charge >= 0.3 is 0 Å². The van der Waals surface area contributed by atoms with Crippen LogP contribution in [0.15, 0.2) is 43.1 Å². The Morgan fingerprint density at radius 2 is 2.04 bits per heavy atom. The van der Waals surface area contributed by atoms with Crippen LogP contribution < -0.4 is 4.90 Å². The Bertz CT molecular complexity index is 779. The SMILES string of the molecule is c1cncc(CCn2ccnc2-c2cnc(N3CCOCC3)s2)c1. The van der Waals surface area contributed by atoms with Gasteiger partial charge in [0.2, 0.25) is 0 Å². The van der Waals surface area contributed by atoms with Gasteiger partial charge in [-0.1, -0.05) is 17.4 Å². The summed E-state index contributed by atoms with van der Waals surface area (Å²) in [5.41, 5.74) is 1.23. The van der Waals surface area contributed by atoms with Crippen LogP contribution >= 0.6 is 11.3 Å². The normalized spacial score (nSPS) is 14.9. The van der Waals surface area contributed by atoms with Gasteiger partial charge in [0.25, 0.3) is 0 Å². The van der Waals surface area contributed by atoms with E-state index in [1.807, 2.05) is 30.9 Å². The zero-order valence-corrected chi connectivity index (χ0v) is 14.2. The van der Waals surface area contributed by atoms with E-state index >= 15 is 0 Å². The highest BCUT2D eigenvalue weighted by Gasteiger charge is 2.17. The lowest BCUT2D eigenvalue weighted by Gasteiger charge is -2.25. The second kappa shape index (κ2) is 7.11. The molecule has 0 aromatic carbocycles. The molecule has 0 atom stereocenters. The Balaban J connectivity index is 1.49. The summed E-state index contributed by atoms with van der Waals surface area (Å²) in [6, 6.07) is 4.08. The fraction of sp³-hybridized carbons (Fsp3) is 0.353. The van der Waals surface area contributed by atoms with Gasteiger partial charge in [0.05, 0.1) is 24.3 Å². The number of aromatic nitrogens is 4. The van der Waals surface area contributed by atoms with E-state index in [4.69, 9.17) is 4.74 Å². The molecule has 1 saturated heterocycles. The molecule has 1 aliphatic rings. The second-order valence-corrected chi connectivity index (χ2v) is 6.67. The van der Waals surface area contributed by atoms with E-state index in [9.17, 15) is 0 Å². The van der Waals surface area contributed by atoms with Crippen molar-refractivity contribution in [1.82, 2.24) is 19.5 Å². The number of rotatable bonds is 5. The third kappa shape index (κ3) is 3.32. The summed E-state index contributed by atoms with van der Waals surface area (Å²) >= 11 is 1.70. The maximum Gasteiger partial charge on any atom is 0.186 e. The van der Waals surface area contributed by atoms with Crippen molar-refractivity contribution in [3.8, 4) is 10.7 Å². The smallest absolute Gasteiger partial charge is 0.186 e. The molecule has 124 valence electrons. The van der Waals surface area contributed by atoms with Crippen molar-refractivity contribution in [1.29, 1.82) is 0 Å². The molecule has 0 unspecified atom stereocenters. The Labute approximate surface area is 144 Å². The molecule has 6 nitrogen and oxygen atoms in total. The van der Waals surface area contributed by atoms with E-state index in [2.05, 4.69) is 30.5 Å². The highest BCUT2D eigenvalue weighted by molar-refractivity contribution is 7.18. The van der Waals surface area contributed by atoms with Crippen molar-refractivity contribution < 1.29 is 4.74 Å². The van der Waals surface area contributed by atoms with Gasteiger partial charge in [-0.2, -0.15) is 0 Å². The minimum atomic E-state index is 0.772. The molecule has 0 saturated carbocycles. The lowest BCUT2D eigenvalue weighted by molar-refractivity contribution is 0.122. The molecule has 0 aliphatic carbocycles. The summed E-state index contributed by atoms with van der Waals surface area (Å²) < 4.78 is 7.59.